The van der Waals surface area contributed by atoms with Crippen molar-refractivity contribution in [2.75, 3.05) is 0 Å². The van der Waals surface area contributed by atoms with Crippen LogP contribution in [-0.4, -0.2) is 17.1 Å². The number of hydrogen-bond acceptors (Lipinski definition) is 2. The van der Waals surface area contributed by atoms with Crippen LogP contribution in [0, 0.1) is 0 Å². The van der Waals surface area contributed by atoms with E-state index in [4.69, 9.17) is 0 Å². The Bertz CT molecular complexity index is 932. The van der Waals surface area contributed by atoms with Crippen molar-refractivity contribution in [3.8, 4) is 0 Å². The molecule has 27 heavy (non-hydrogen) atoms. The van der Waals surface area contributed by atoms with Crippen molar-refractivity contribution in [1.29, 1.82) is 0 Å². The maximum Gasteiger partial charge on any atom is 0.163 e. The maximum atomic E-state index is 12.8. The largest absolute Gasteiger partial charge is 0.361 e. The summed E-state index contributed by atoms with van der Waals surface area (Å²) in [6.45, 7) is 0. The number of fused-ring (bicyclic) bond motifs is 1. The molecule has 3 nitrogen and oxygen atoms in total. The number of carbonyl (C=O) groups excluding carboxylic acids is 2. The van der Waals surface area contributed by atoms with Gasteiger partial charge in [0.25, 0.3) is 0 Å². The van der Waals surface area contributed by atoms with Crippen molar-refractivity contribution in [1.82, 2.24) is 4.98 Å². The van der Waals surface area contributed by atoms with Crippen LogP contribution in [0.15, 0.2) is 54.7 Å². The molecule has 1 unspecified atom stereocenters. The highest BCUT2D eigenvalue weighted by Crippen LogP contribution is 2.33. The molecular formula is C24H25NO2. The van der Waals surface area contributed by atoms with E-state index in [9.17, 15) is 9.59 Å². The zero-order valence-corrected chi connectivity index (χ0v) is 15.5. The van der Waals surface area contributed by atoms with Crippen LogP contribution < -0.4 is 0 Å². The van der Waals surface area contributed by atoms with E-state index in [1.165, 1.54) is 37.7 Å². The van der Waals surface area contributed by atoms with Crippen LogP contribution in [0.2, 0.25) is 0 Å². The van der Waals surface area contributed by atoms with Gasteiger partial charge in [0.05, 0.1) is 0 Å². The number of H-pyrrole nitrogens is 1. The zero-order chi connectivity index (χ0) is 18.6. The van der Waals surface area contributed by atoms with Crippen LogP contribution in [0.1, 0.15) is 71.8 Å². The number of rotatable bonds is 6. The highest BCUT2D eigenvalue weighted by Gasteiger charge is 2.20. The minimum Gasteiger partial charge on any atom is -0.361 e. The highest BCUT2D eigenvalue weighted by atomic mass is 16.1. The standard InChI is InChI=1S/C24H25NO2/c26-16-20(22-15-25-23-9-5-4-8-21(22)23)14-24(27)19-12-10-18(11-13-19)17-6-2-1-3-7-17/h4-5,8-13,15-17,20,25H,1-3,6-7,14H2. The molecule has 0 aliphatic heterocycles. The summed E-state index contributed by atoms with van der Waals surface area (Å²) in [4.78, 5) is 27.7. The van der Waals surface area contributed by atoms with E-state index in [1.807, 2.05) is 42.6 Å². The predicted molar refractivity (Wildman–Crippen MR) is 108 cm³/mol. The lowest BCUT2D eigenvalue weighted by Gasteiger charge is -2.22. The lowest BCUT2D eigenvalue weighted by molar-refractivity contribution is -0.109. The second kappa shape index (κ2) is 7.91. The van der Waals surface area contributed by atoms with Crippen LogP contribution in [0.3, 0.4) is 0 Å². The van der Waals surface area contributed by atoms with E-state index >= 15 is 0 Å². The van der Waals surface area contributed by atoms with Crippen molar-refractivity contribution in [2.45, 2.75) is 50.4 Å². The van der Waals surface area contributed by atoms with E-state index in [0.29, 0.717) is 11.5 Å². The van der Waals surface area contributed by atoms with Gasteiger partial charge in [-0.3, -0.25) is 4.79 Å². The molecule has 1 saturated carbocycles. The van der Waals surface area contributed by atoms with Gasteiger partial charge in [0.2, 0.25) is 0 Å². The molecule has 0 amide bonds. The van der Waals surface area contributed by atoms with Gasteiger partial charge < -0.3 is 9.78 Å². The monoisotopic (exact) mass is 359 g/mol. The van der Waals surface area contributed by atoms with Gasteiger partial charge in [0.1, 0.15) is 6.29 Å². The number of hydrogen-bond donors (Lipinski definition) is 1. The van der Waals surface area contributed by atoms with Crippen LogP contribution in [0.25, 0.3) is 10.9 Å². The number of benzene rings is 2. The molecule has 1 N–H and O–H groups in total. The zero-order valence-electron chi connectivity index (χ0n) is 15.5. The van der Waals surface area contributed by atoms with E-state index < -0.39 is 5.92 Å². The van der Waals surface area contributed by atoms with Gasteiger partial charge in [-0.05, 0) is 36.0 Å². The fourth-order valence-corrected chi connectivity index (χ4v) is 4.33. The Morgan fingerprint density at radius 3 is 2.52 bits per heavy atom. The summed E-state index contributed by atoms with van der Waals surface area (Å²) < 4.78 is 0. The normalized spacial score (nSPS) is 16.3. The molecule has 0 saturated heterocycles. The Morgan fingerprint density at radius 1 is 1.04 bits per heavy atom. The molecule has 1 heterocycles. The molecule has 3 heteroatoms. The van der Waals surface area contributed by atoms with Gasteiger partial charge in [0.15, 0.2) is 5.78 Å². The minimum absolute atomic E-state index is 0.0209. The van der Waals surface area contributed by atoms with Gasteiger partial charge in [-0.15, -0.1) is 0 Å². The Hall–Kier alpha value is -2.68. The van der Waals surface area contributed by atoms with Crippen molar-refractivity contribution in [3.63, 3.8) is 0 Å². The minimum atomic E-state index is -0.424. The van der Waals surface area contributed by atoms with E-state index in [2.05, 4.69) is 17.1 Å². The first kappa shape index (κ1) is 17.7. The molecule has 138 valence electrons. The molecule has 0 radical (unpaired) electrons. The summed E-state index contributed by atoms with van der Waals surface area (Å²) in [5.41, 5.74) is 3.92. The van der Waals surface area contributed by atoms with Gasteiger partial charge in [-0.2, -0.15) is 0 Å². The van der Waals surface area contributed by atoms with Gasteiger partial charge in [0, 0.05) is 35.0 Å². The first-order valence-electron chi connectivity index (χ1n) is 9.90. The van der Waals surface area contributed by atoms with Crippen LogP contribution >= 0.6 is 0 Å². The van der Waals surface area contributed by atoms with Crippen molar-refractivity contribution < 1.29 is 9.59 Å². The lowest BCUT2D eigenvalue weighted by atomic mass is 9.83. The van der Waals surface area contributed by atoms with Crippen LogP contribution in [0.4, 0.5) is 0 Å². The summed E-state index contributed by atoms with van der Waals surface area (Å²) >= 11 is 0. The number of nitrogens with one attached hydrogen (secondary N) is 1. The Morgan fingerprint density at radius 2 is 1.78 bits per heavy atom. The molecule has 1 fully saturated rings. The second-order valence-corrected chi connectivity index (χ2v) is 7.62. The summed E-state index contributed by atoms with van der Waals surface area (Å²) in [5.74, 6) is 0.232. The maximum absolute atomic E-state index is 12.8. The Balaban J connectivity index is 1.49. The fourth-order valence-electron chi connectivity index (χ4n) is 4.33. The van der Waals surface area contributed by atoms with Gasteiger partial charge in [-0.1, -0.05) is 61.7 Å². The Labute approximate surface area is 159 Å². The topological polar surface area (TPSA) is 49.9 Å². The van der Waals surface area contributed by atoms with Crippen molar-refractivity contribution in [2.24, 2.45) is 0 Å². The van der Waals surface area contributed by atoms with E-state index in [0.717, 1.165) is 22.8 Å². The van der Waals surface area contributed by atoms with Crippen molar-refractivity contribution >= 4 is 23.0 Å². The van der Waals surface area contributed by atoms with Gasteiger partial charge in [-0.25, -0.2) is 0 Å². The molecule has 1 aliphatic carbocycles. The Kier molecular flexibility index (Phi) is 5.19. The lowest BCUT2D eigenvalue weighted by Crippen LogP contribution is -2.09. The number of Topliss-reactive ketones (excluding diaryl/α,β-unsaturated/α-hetero) is 1. The average molecular weight is 359 g/mol. The summed E-state index contributed by atoms with van der Waals surface area (Å²) in [6, 6.07) is 15.9. The molecular weight excluding hydrogens is 334 g/mol. The van der Waals surface area contributed by atoms with Crippen LogP contribution in [0.5, 0.6) is 0 Å². The third-order valence-electron chi connectivity index (χ3n) is 5.90. The van der Waals surface area contributed by atoms with Gasteiger partial charge >= 0.3 is 0 Å². The molecule has 1 aliphatic rings. The number of aromatic nitrogens is 1. The van der Waals surface area contributed by atoms with E-state index in [-0.39, 0.29) is 12.2 Å². The number of aromatic amines is 1. The first-order chi connectivity index (χ1) is 13.3. The number of aldehydes is 1. The fraction of sp³-hybridized carbons (Fsp3) is 0.333. The average Bonchev–Trinajstić information content (AvgIpc) is 3.16. The molecule has 0 bridgehead atoms. The predicted octanol–water partition coefficient (Wildman–Crippen LogP) is 5.77. The third kappa shape index (κ3) is 3.73. The molecule has 1 aromatic heterocycles. The number of ketones is 1. The van der Waals surface area contributed by atoms with E-state index in [1.54, 1.807) is 0 Å². The quantitative estimate of drug-likeness (QED) is 0.448. The second-order valence-electron chi connectivity index (χ2n) is 7.62. The summed E-state index contributed by atoms with van der Waals surface area (Å²) in [7, 11) is 0. The smallest absolute Gasteiger partial charge is 0.163 e. The molecule has 0 spiro atoms. The SMILES string of the molecule is O=CC(CC(=O)c1ccc(C2CCCCC2)cc1)c1c[nH]c2ccccc12. The molecule has 1 atom stereocenters. The highest BCUT2D eigenvalue weighted by molar-refractivity contribution is 5.99. The first-order valence-corrected chi connectivity index (χ1v) is 9.90. The molecule has 4 rings (SSSR count). The number of para-hydroxylation sites is 1. The molecule has 3 aromatic rings. The summed E-state index contributed by atoms with van der Waals surface area (Å²) in [5, 5.41) is 1.01. The number of carbonyl (C=O) groups is 2. The van der Waals surface area contributed by atoms with Crippen LogP contribution in [-0.2, 0) is 4.79 Å². The third-order valence-corrected chi connectivity index (χ3v) is 5.90. The summed E-state index contributed by atoms with van der Waals surface area (Å²) in [6.07, 6.45) is 9.39. The van der Waals surface area contributed by atoms with Crippen molar-refractivity contribution in [3.05, 3.63) is 71.4 Å². The molecule has 2 aromatic carbocycles.